The fourth-order valence-electron chi connectivity index (χ4n) is 0. The van der Waals surface area contributed by atoms with E-state index in [0.29, 0.717) is 0 Å². The summed E-state index contributed by atoms with van der Waals surface area (Å²) < 4.78 is 0. The Labute approximate surface area is 83.5 Å². The topological polar surface area (TPSA) is 80.9 Å². The van der Waals surface area contributed by atoms with Crippen LogP contribution in [0.2, 0.25) is 0 Å². The van der Waals surface area contributed by atoms with Crippen LogP contribution in [0.5, 0.6) is 0 Å². The molecule has 4 N–H and O–H groups in total. The second-order valence-electron chi connectivity index (χ2n) is 0.600. The van der Waals surface area contributed by atoms with Crippen molar-refractivity contribution in [2.24, 2.45) is 0 Å². The van der Waals surface area contributed by atoms with Gasteiger partial charge in [0.15, 0.2) is 17.4 Å². The largest absolute Gasteiger partial charge is 0 e. The van der Waals surface area contributed by atoms with Crippen molar-refractivity contribution in [3.63, 3.8) is 0 Å². The van der Waals surface area contributed by atoms with Gasteiger partial charge in [0.25, 0.3) is 0 Å². The summed E-state index contributed by atoms with van der Waals surface area (Å²) in [6.45, 7) is 0. The maximum Gasteiger partial charge on any atom is 0 e. The standard InChI is InChI=1S/Al.Li.H4O4Si.Zn.4H/c;;1-5(2,3)4;;;;;/h;;1-4H;;;;;. The van der Waals surface area contributed by atoms with E-state index in [2.05, 4.69) is 0 Å². The Morgan fingerprint density at radius 1 is 0.875 bits per heavy atom. The van der Waals surface area contributed by atoms with Gasteiger partial charge in [-0.15, -0.1) is 0 Å². The SMILES string of the molecule is O[Si](O)(O)O.[AlH3].[LiH].[Zn]. The maximum atomic E-state index is 7.33. The smallest absolute Gasteiger partial charge is 0 e. The second kappa shape index (κ2) is 8.81. The third-order valence-electron chi connectivity index (χ3n) is 0. The summed E-state index contributed by atoms with van der Waals surface area (Å²) in [5.41, 5.74) is 0. The fraction of sp³-hybridized carbons (Fsp3) is 0. The van der Waals surface area contributed by atoms with Gasteiger partial charge < -0.3 is 19.2 Å². The van der Waals surface area contributed by atoms with Crippen LogP contribution in [0.4, 0.5) is 0 Å². The van der Waals surface area contributed by atoms with Crippen LogP contribution in [0.25, 0.3) is 0 Å². The first-order chi connectivity index (χ1) is 2.00. The normalized spacial score (nSPS) is 7.50. The van der Waals surface area contributed by atoms with Gasteiger partial charge in [0.1, 0.15) is 0 Å². The molecule has 0 atom stereocenters. The fourth-order valence-corrected chi connectivity index (χ4v) is 0. The molecule has 8 heteroatoms. The minimum Gasteiger partial charge on any atom is 0 e. The quantitative estimate of drug-likeness (QED) is 0.297. The molecule has 0 spiro atoms. The van der Waals surface area contributed by atoms with Crippen LogP contribution in [0.15, 0.2) is 0 Å². The Kier molecular flexibility index (Phi) is 24.8. The number of hydrogen-bond donors (Lipinski definition) is 4. The van der Waals surface area contributed by atoms with Crippen LogP contribution >= 0.6 is 0 Å². The molecule has 8 heavy (non-hydrogen) atoms. The molecular weight excluding hydrogens is 191 g/mol. The van der Waals surface area contributed by atoms with Gasteiger partial charge >= 0.3 is 27.9 Å². The van der Waals surface area contributed by atoms with E-state index >= 15 is 0 Å². The molecule has 42 valence electrons. The minimum atomic E-state index is -4.61. The van der Waals surface area contributed by atoms with E-state index in [9.17, 15) is 0 Å². The molecule has 4 nitrogen and oxygen atoms in total. The van der Waals surface area contributed by atoms with Crippen molar-refractivity contribution in [1.29, 1.82) is 0 Å². The molecule has 0 amide bonds. The number of rotatable bonds is 0. The molecule has 0 bridgehead atoms. The predicted molar refractivity (Wildman–Crippen MR) is 31.7 cm³/mol. The molecule has 0 aromatic rings. The summed E-state index contributed by atoms with van der Waals surface area (Å²) in [4.78, 5) is 29.3. The van der Waals surface area contributed by atoms with Crippen LogP contribution in [-0.4, -0.2) is 64.5 Å². The summed E-state index contributed by atoms with van der Waals surface area (Å²) in [6.07, 6.45) is 0. The Morgan fingerprint density at radius 2 is 0.875 bits per heavy atom. The molecule has 0 aromatic carbocycles. The van der Waals surface area contributed by atoms with E-state index in [0.717, 1.165) is 0 Å². The van der Waals surface area contributed by atoms with Crippen LogP contribution in [0.3, 0.4) is 0 Å². The summed E-state index contributed by atoms with van der Waals surface area (Å²) in [6, 6.07) is 0. The zero-order chi connectivity index (χ0) is 4.50. The van der Waals surface area contributed by atoms with E-state index in [1.807, 2.05) is 0 Å². The molecule has 0 rings (SSSR count). The van der Waals surface area contributed by atoms with Crippen molar-refractivity contribution in [1.82, 2.24) is 0 Å². The van der Waals surface area contributed by atoms with Gasteiger partial charge in [0, 0.05) is 19.5 Å². The van der Waals surface area contributed by atoms with E-state index in [1.54, 1.807) is 0 Å². The van der Waals surface area contributed by atoms with Crippen molar-refractivity contribution in [3.05, 3.63) is 0 Å². The molecule has 0 aromatic heterocycles. The van der Waals surface area contributed by atoms with Crippen LogP contribution in [-0.2, 0) is 19.5 Å². The van der Waals surface area contributed by atoms with E-state index in [4.69, 9.17) is 19.2 Å². The first kappa shape index (κ1) is 22.6. The molecule has 0 unspecified atom stereocenters. The van der Waals surface area contributed by atoms with Gasteiger partial charge in [-0.3, -0.25) is 0 Å². The monoisotopic (exact) mass is 198 g/mol. The minimum absolute atomic E-state index is 0. The van der Waals surface area contributed by atoms with Crippen molar-refractivity contribution in [2.45, 2.75) is 0 Å². The van der Waals surface area contributed by atoms with Gasteiger partial charge in [-0.2, -0.15) is 0 Å². The zero-order valence-corrected chi connectivity index (χ0v) is 6.96. The first-order valence-corrected chi connectivity index (χ1v) is 2.68. The average molecular weight is 199 g/mol. The molecule has 0 heterocycles. The third-order valence-corrected chi connectivity index (χ3v) is 0. The van der Waals surface area contributed by atoms with E-state index < -0.39 is 9.05 Å². The molecule has 0 aliphatic heterocycles. The Morgan fingerprint density at radius 3 is 0.875 bits per heavy atom. The molecule has 0 saturated carbocycles. The molecule has 0 aliphatic rings. The molecule has 0 aliphatic carbocycles. The van der Waals surface area contributed by atoms with Gasteiger partial charge in [-0.1, -0.05) is 0 Å². The Bertz CT molecular complexity index is 31.5. The average Bonchev–Trinajstić information content (AvgIpc) is 0.722. The van der Waals surface area contributed by atoms with Gasteiger partial charge in [0.2, 0.25) is 0 Å². The second-order valence-corrected chi connectivity index (χ2v) is 1.80. The maximum absolute atomic E-state index is 7.33. The molecular formula is H8AlLiO4SiZn. The van der Waals surface area contributed by atoms with Crippen molar-refractivity contribution in [2.75, 3.05) is 0 Å². The molecule has 0 fully saturated rings. The van der Waals surface area contributed by atoms with Gasteiger partial charge in [0.05, 0.1) is 0 Å². The summed E-state index contributed by atoms with van der Waals surface area (Å²) in [5, 5.41) is 0. The Balaban J connectivity index is -0.0000000267. The third kappa shape index (κ3) is 111. The van der Waals surface area contributed by atoms with Crippen LogP contribution < -0.4 is 0 Å². The van der Waals surface area contributed by atoms with Crippen LogP contribution in [0.1, 0.15) is 0 Å². The summed E-state index contributed by atoms with van der Waals surface area (Å²) >= 11 is 0. The Hall–Kier alpha value is 1.81. The van der Waals surface area contributed by atoms with Gasteiger partial charge in [-0.25, -0.2) is 0 Å². The zero-order valence-electron chi connectivity index (χ0n) is 3.00. The molecule has 0 saturated heterocycles. The van der Waals surface area contributed by atoms with Crippen molar-refractivity contribution >= 4 is 45.3 Å². The van der Waals surface area contributed by atoms with Gasteiger partial charge in [-0.05, 0) is 0 Å². The van der Waals surface area contributed by atoms with E-state index in [1.165, 1.54) is 0 Å². The van der Waals surface area contributed by atoms with E-state index in [-0.39, 0.29) is 55.7 Å². The predicted octanol–water partition coefficient (Wildman–Crippen LogP) is -4.44. The summed E-state index contributed by atoms with van der Waals surface area (Å²) in [5.74, 6) is 0. The first-order valence-electron chi connectivity index (χ1n) is 0.894. The van der Waals surface area contributed by atoms with Crippen molar-refractivity contribution in [3.8, 4) is 0 Å². The summed E-state index contributed by atoms with van der Waals surface area (Å²) in [7, 11) is -4.61. The van der Waals surface area contributed by atoms with Crippen LogP contribution in [0, 0.1) is 0 Å². The van der Waals surface area contributed by atoms with Crippen molar-refractivity contribution < 1.29 is 38.7 Å². The molecule has 0 radical (unpaired) electrons. The number of hydrogen-bond acceptors (Lipinski definition) is 4.